The van der Waals surface area contributed by atoms with Crippen molar-refractivity contribution < 1.29 is 18.0 Å². The van der Waals surface area contributed by atoms with Crippen LogP contribution in [0.25, 0.3) is 22.4 Å². The Morgan fingerprint density at radius 2 is 2.18 bits per heavy atom. The minimum Gasteiger partial charge on any atom is -0.345 e. The molecule has 0 radical (unpaired) electrons. The molecule has 2 N–H and O–H groups in total. The van der Waals surface area contributed by atoms with Crippen LogP contribution in [-0.4, -0.2) is 56.2 Å². The van der Waals surface area contributed by atoms with Crippen molar-refractivity contribution in [1.29, 1.82) is 0 Å². The molecule has 7 nitrogen and oxygen atoms in total. The fraction of sp³-hybridized carbons (Fsp3) is 0.294. The summed E-state index contributed by atoms with van der Waals surface area (Å²) in [7, 11) is 0. The van der Waals surface area contributed by atoms with Crippen molar-refractivity contribution in [3.63, 3.8) is 0 Å². The number of fused-ring (bicyclic) bond motifs is 1. The second-order valence-corrected chi connectivity index (χ2v) is 7.16. The van der Waals surface area contributed by atoms with Crippen molar-refractivity contribution in [2.45, 2.75) is 12.2 Å². The molecule has 1 atom stereocenters. The Morgan fingerprint density at radius 3 is 3.00 bits per heavy atom. The van der Waals surface area contributed by atoms with Crippen molar-refractivity contribution in [1.82, 2.24) is 25.3 Å². The van der Waals surface area contributed by atoms with Crippen LogP contribution in [0.2, 0.25) is 0 Å². The Labute approximate surface area is 161 Å². The molecule has 3 aromatic heterocycles. The van der Waals surface area contributed by atoms with E-state index in [0.717, 1.165) is 10.9 Å². The monoisotopic (exact) mass is 408 g/mol. The fourth-order valence-corrected chi connectivity index (χ4v) is 4.14. The summed E-state index contributed by atoms with van der Waals surface area (Å²) in [6, 6.07) is 4.62. The van der Waals surface area contributed by atoms with Crippen LogP contribution in [0.4, 0.5) is 19.0 Å². The molecule has 11 heteroatoms. The standard InChI is InChI=1S/C17H15F3N6OS/c18-17(19,20)8-24-16(27)12-7-28-9-26(12)13-3-5-22-15(25-13)11-6-23-14-10(11)2-1-4-21-14/h1-6,12H,7-9H2,(H,21,23)(H,24,27). The molecule has 1 aliphatic rings. The lowest BCUT2D eigenvalue weighted by Crippen LogP contribution is -2.47. The fourth-order valence-electron chi connectivity index (χ4n) is 2.97. The van der Waals surface area contributed by atoms with Crippen LogP contribution in [0.3, 0.4) is 0 Å². The third-order valence-electron chi connectivity index (χ3n) is 4.28. The van der Waals surface area contributed by atoms with E-state index in [1.165, 1.54) is 11.8 Å². The number of aromatic amines is 1. The number of amides is 1. The molecule has 1 saturated heterocycles. The van der Waals surface area contributed by atoms with Crippen LogP contribution in [0.5, 0.6) is 0 Å². The zero-order valence-electron chi connectivity index (χ0n) is 14.4. The number of anilines is 1. The minimum absolute atomic E-state index is 0.389. The number of nitrogens with one attached hydrogen (secondary N) is 2. The van der Waals surface area contributed by atoms with E-state index >= 15 is 0 Å². The molecular weight excluding hydrogens is 393 g/mol. The van der Waals surface area contributed by atoms with Gasteiger partial charge >= 0.3 is 6.18 Å². The molecule has 0 spiro atoms. The largest absolute Gasteiger partial charge is 0.405 e. The highest BCUT2D eigenvalue weighted by atomic mass is 32.2. The van der Waals surface area contributed by atoms with Crippen LogP contribution in [0, 0.1) is 0 Å². The van der Waals surface area contributed by atoms with Gasteiger partial charge in [-0.2, -0.15) is 13.2 Å². The molecule has 1 fully saturated rings. The quantitative estimate of drug-likeness (QED) is 0.690. The number of pyridine rings is 1. The Balaban J connectivity index is 1.59. The minimum atomic E-state index is -4.45. The first kappa shape index (κ1) is 18.5. The van der Waals surface area contributed by atoms with E-state index < -0.39 is 24.7 Å². The second kappa shape index (κ2) is 7.30. The Hall–Kier alpha value is -2.82. The van der Waals surface area contributed by atoms with Gasteiger partial charge in [-0.15, -0.1) is 11.8 Å². The molecular formula is C17H15F3N6OS. The Bertz CT molecular complexity index is 1010. The lowest BCUT2D eigenvalue weighted by molar-refractivity contribution is -0.138. The highest BCUT2D eigenvalue weighted by Crippen LogP contribution is 2.30. The number of carbonyl (C=O) groups is 1. The van der Waals surface area contributed by atoms with Crippen LogP contribution >= 0.6 is 11.8 Å². The van der Waals surface area contributed by atoms with Gasteiger partial charge < -0.3 is 15.2 Å². The van der Waals surface area contributed by atoms with Gasteiger partial charge in [-0.1, -0.05) is 0 Å². The zero-order valence-corrected chi connectivity index (χ0v) is 15.2. The van der Waals surface area contributed by atoms with Crippen LogP contribution in [0.15, 0.2) is 36.8 Å². The van der Waals surface area contributed by atoms with Gasteiger partial charge in [0.2, 0.25) is 5.91 Å². The number of aromatic nitrogens is 4. The van der Waals surface area contributed by atoms with Gasteiger partial charge in [-0.3, -0.25) is 4.79 Å². The maximum atomic E-state index is 12.4. The number of nitrogens with zero attached hydrogens (tertiary/aromatic N) is 4. The Kier molecular flexibility index (Phi) is 4.84. The molecule has 0 bridgehead atoms. The van der Waals surface area contributed by atoms with Crippen LogP contribution in [-0.2, 0) is 4.79 Å². The van der Waals surface area contributed by atoms with Crippen molar-refractivity contribution in [2.24, 2.45) is 0 Å². The smallest absolute Gasteiger partial charge is 0.345 e. The zero-order chi connectivity index (χ0) is 19.7. The summed E-state index contributed by atoms with van der Waals surface area (Å²) in [5.41, 5.74) is 1.46. The SMILES string of the molecule is O=C(NCC(F)(F)F)C1CSCN1c1ccnc(-c2c[nH]c3ncccc23)n1. The van der Waals surface area contributed by atoms with Gasteiger partial charge in [0.25, 0.3) is 0 Å². The molecule has 1 unspecified atom stereocenters. The molecule has 4 rings (SSSR count). The molecule has 28 heavy (non-hydrogen) atoms. The summed E-state index contributed by atoms with van der Waals surface area (Å²) >= 11 is 1.46. The average Bonchev–Trinajstić information content (AvgIpc) is 3.33. The van der Waals surface area contributed by atoms with E-state index in [0.29, 0.717) is 28.9 Å². The predicted molar refractivity (Wildman–Crippen MR) is 99.8 cm³/mol. The Morgan fingerprint density at radius 1 is 1.32 bits per heavy atom. The van der Waals surface area contributed by atoms with Crippen LogP contribution < -0.4 is 10.2 Å². The van der Waals surface area contributed by atoms with Gasteiger partial charge in [0.1, 0.15) is 24.1 Å². The normalized spacial score (nSPS) is 17.2. The van der Waals surface area contributed by atoms with E-state index in [1.807, 2.05) is 17.4 Å². The molecule has 0 aliphatic carbocycles. The maximum Gasteiger partial charge on any atom is 0.405 e. The number of alkyl halides is 3. The number of rotatable bonds is 4. The molecule has 0 saturated carbocycles. The first-order valence-corrected chi connectivity index (χ1v) is 9.52. The summed E-state index contributed by atoms with van der Waals surface area (Å²) in [5, 5.41) is 2.81. The summed E-state index contributed by atoms with van der Waals surface area (Å²) in [6.45, 7) is -1.35. The molecule has 0 aromatic carbocycles. The van der Waals surface area contributed by atoms with Gasteiger partial charge in [0.05, 0.1) is 5.88 Å². The lowest BCUT2D eigenvalue weighted by Gasteiger charge is -2.24. The van der Waals surface area contributed by atoms with E-state index in [9.17, 15) is 18.0 Å². The van der Waals surface area contributed by atoms with Crippen molar-refractivity contribution in [3.05, 3.63) is 36.8 Å². The lowest BCUT2D eigenvalue weighted by atomic mass is 10.2. The summed E-state index contributed by atoms with van der Waals surface area (Å²) < 4.78 is 37.2. The number of thioether (sulfide) groups is 1. The topological polar surface area (TPSA) is 86.8 Å². The number of H-pyrrole nitrogens is 1. The van der Waals surface area contributed by atoms with E-state index in [1.54, 1.807) is 29.6 Å². The number of hydrogen-bond acceptors (Lipinski definition) is 6. The first-order valence-electron chi connectivity index (χ1n) is 8.37. The highest BCUT2D eigenvalue weighted by molar-refractivity contribution is 7.99. The summed E-state index contributed by atoms with van der Waals surface area (Å²) in [6.07, 6.45) is 0.548. The average molecular weight is 408 g/mol. The molecule has 146 valence electrons. The predicted octanol–water partition coefficient (Wildman–Crippen LogP) is 2.58. The van der Waals surface area contributed by atoms with Crippen molar-refractivity contribution in [2.75, 3.05) is 23.1 Å². The van der Waals surface area contributed by atoms with Crippen molar-refractivity contribution >= 4 is 34.5 Å². The number of halogens is 3. The van der Waals surface area contributed by atoms with Gasteiger partial charge in [0.15, 0.2) is 5.82 Å². The third-order valence-corrected chi connectivity index (χ3v) is 5.29. The van der Waals surface area contributed by atoms with E-state index in [-0.39, 0.29) is 0 Å². The van der Waals surface area contributed by atoms with Gasteiger partial charge in [-0.05, 0) is 18.2 Å². The van der Waals surface area contributed by atoms with Crippen molar-refractivity contribution in [3.8, 4) is 11.4 Å². The van der Waals surface area contributed by atoms with Gasteiger partial charge in [0, 0.05) is 35.3 Å². The summed E-state index contributed by atoms with van der Waals surface area (Å²) in [5.74, 6) is 1.11. The molecule has 3 aromatic rings. The first-order chi connectivity index (χ1) is 13.4. The van der Waals surface area contributed by atoms with Gasteiger partial charge in [-0.25, -0.2) is 15.0 Å². The molecule has 1 amide bonds. The van der Waals surface area contributed by atoms with E-state index in [2.05, 4.69) is 19.9 Å². The summed E-state index contributed by atoms with van der Waals surface area (Å²) in [4.78, 5) is 30.1. The molecule has 4 heterocycles. The molecule has 1 aliphatic heterocycles. The third kappa shape index (κ3) is 3.75. The van der Waals surface area contributed by atoms with E-state index in [4.69, 9.17) is 0 Å². The number of carbonyl (C=O) groups excluding carboxylic acids is 1. The van der Waals surface area contributed by atoms with Crippen LogP contribution in [0.1, 0.15) is 0 Å². The highest BCUT2D eigenvalue weighted by Gasteiger charge is 2.35. The second-order valence-electron chi connectivity index (χ2n) is 6.16. The number of hydrogen-bond donors (Lipinski definition) is 2. The maximum absolute atomic E-state index is 12.4.